The van der Waals surface area contributed by atoms with Crippen LogP contribution >= 0.6 is 11.8 Å². The lowest BCUT2D eigenvalue weighted by molar-refractivity contribution is 0.0809. The van der Waals surface area contributed by atoms with Crippen molar-refractivity contribution in [2.75, 3.05) is 12.4 Å². The first-order chi connectivity index (χ1) is 24.0. The summed E-state index contributed by atoms with van der Waals surface area (Å²) in [4.78, 5) is 14.1. The number of thioether (sulfide) groups is 1. The Morgan fingerprint density at radius 1 is 1.10 bits per heavy atom. The third-order valence-corrected chi connectivity index (χ3v) is 10.4. The second-order valence-electron chi connectivity index (χ2n) is 14.0. The second kappa shape index (κ2) is 13.1. The molecule has 7 rings (SSSR count). The van der Waals surface area contributed by atoms with E-state index in [-0.39, 0.29) is 22.6 Å². The van der Waals surface area contributed by atoms with E-state index in [1.165, 1.54) is 0 Å². The number of primary amides is 1. The monoisotopic (exact) mass is 688 g/mol. The first kappa shape index (κ1) is 33.5. The van der Waals surface area contributed by atoms with Gasteiger partial charge in [0.25, 0.3) is 5.84 Å². The van der Waals surface area contributed by atoms with E-state index in [1.54, 1.807) is 18.1 Å². The number of nitrogens with two attached hydrogens (primary N) is 1. The van der Waals surface area contributed by atoms with Gasteiger partial charge in [-0.15, -0.1) is 11.8 Å². The van der Waals surface area contributed by atoms with Crippen LogP contribution in [0.5, 0.6) is 0 Å². The molecule has 0 spiro atoms. The number of rotatable bonds is 9. The summed E-state index contributed by atoms with van der Waals surface area (Å²) >= 11 is 1.59. The highest BCUT2D eigenvalue weighted by Crippen LogP contribution is 2.44. The Kier molecular flexibility index (Phi) is 8.75. The minimum absolute atomic E-state index is 0.101. The SMILES string of the molecule is Cc1ccc(-n2nc(C(C)(C)C)cc2C2(NC(N)=O)CC(OC3=C[N+]4(c5cccc(SCCO)c5)C=NN=C4C=C3)Cc3ccccc32)cc1. The molecule has 2 amide bonds. The van der Waals surface area contributed by atoms with E-state index in [2.05, 4.69) is 79.6 Å². The average Bonchev–Trinajstić information content (AvgIpc) is 3.74. The van der Waals surface area contributed by atoms with Crippen molar-refractivity contribution in [2.45, 2.75) is 62.5 Å². The number of hydrogen-bond donors (Lipinski definition) is 3. The average molecular weight is 689 g/mol. The fourth-order valence-electron chi connectivity index (χ4n) is 7.00. The molecule has 0 saturated heterocycles. The van der Waals surface area contributed by atoms with Crippen LogP contribution in [0.3, 0.4) is 0 Å². The number of hydrogen-bond acceptors (Lipinski definition) is 7. The molecule has 256 valence electrons. The summed E-state index contributed by atoms with van der Waals surface area (Å²) in [6.07, 6.45) is 8.34. The zero-order valence-corrected chi connectivity index (χ0v) is 29.5. The summed E-state index contributed by atoms with van der Waals surface area (Å²) in [5.41, 5.74) is 11.4. The van der Waals surface area contributed by atoms with Crippen LogP contribution in [-0.2, 0) is 22.1 Å². The second-order valence-corrected chi connectivity index (χ2v) is 15.2. The van der Waals surface area contributed by atoms with Gasteiger partial charge in [0.2, 0.25) is 6.34 Å². The molecule has 0 saturated carbocycles. The zero-order valence-electron chi connectivity index (χ0n) is 28.7. The maximum atomic E-state index is 13.0. The number of aliphatic hydroxyl groups excluding tert-OH is 1. The fourth-order valence-corrected chi connectivity index (χ4v) is 7.70. The number of aryl methyl sites for hydroxylation is 1. The predicted molar refractivity (Wildman–Crippen MR) is 199 cm³/mol. The maximum absolute atomic E-state index is 13.0. The minimum atomic E-state index is -1.06. The molecule has 3 unspecified atom stereocenters. The number of ether oxygens (including phenoxy) is 1. The highest BCUT2D eigenvalue weighted by molar-refractivity contribution is 7.99. The summed E-state index contributed by atoms with van der Waals surface area (Å²) < 4.78 is 9.03. The molecule has 4 N–H and O–H groups in total. The smallest absolute Gasteiger partial charge is 0.313 e. The standard InChI is InChI=1S/C39H41N7O3S/c1-26-12-14-28(15-13-26)45-35(22-34(44-45)38(2,3)4)39(42-37(40)48)23-31(20-27-8-5-6-11-33(27)39)49-30-16-17-36-43-41-25-46(36,24-30)29-9-7-10-32(21-29)50-19-18-47/h5-17,21-22,24-25,31,47H,18-20,23H2,1-4H3,(H2-,40,42,48)/p+1. The van der Waals surface area contributed by atoms with Crippen molar-refractivity contribution < 1.29 is 14.6 Å². The van der Waals surface area contributed by atoms with Crippen LogP contribution in [0, 0.1) is 6.92 Å². The van der Waals surface area contributed by atoms with Gasteiger partial charge in [0.1, 0.15) is 11.6 Å². The van der Waals surface area contributed by atoms with Gasteiger partial charge in [0, 0.05) is 47.1 Å². The van der Waals surface area contributed by atoms with Crippen molar-refractivity contribution in [3.63, 3.8) is 0 Å². The molecule has 3 aromatic carbocycles. The van der Waals surface area contributed by atoms with Crippen molar-refractivity contribution in [1.82, 2.24) is 19.6 Å². The van der Waals surface area contributed by atoms with Gasteiger partial charge in [0.05, 0.1) is 23.7 Å². The normalized spacial score (nSPS) is 22.4. The molecule has 1 aliphatic carbocycles. The number of quaternary nitrogens is 1. The zero-order chi connectivity index (χ0) is 35.1. The summed E-state index contributed by atoms with van der Waals surface area (Å²) in [5.74, 6) is 2.01. The topological polar surface area (TPSA) is 127 Å². The van der Waals surface area contributed by atoms with Crippen molar-refractivity contribution in [3.05, 3.63) is 131 Å². The Balaban J connectivity index is 1.33. The van der Waals surface area contributed by atoms with E-state index >= 15 is 0 Å². The number of urea groups is 1. The number of allylic oxidation sites excluding steroid dienone is 1. The van der Waals surface area contributed by atoms with Gasteiger partial charge in [-0.2, -0.15) is 9.58 Å². The molecule has 10 nitrogen and oxygen atoms in total. The lowest BCUT2D eigenvalue weighted by Gasteiger charge is -2.43. The van der Waals surface area contributed by atoms with Crippen LogP contribution in [0.4, 0.5) is 10.5 Å². The predicted octanol–water partition coefficient (Wildman–Crippen LogP) is 6.58. The number of carbonyl (C=O) groups excluding carboxylic acids is 1. The molecule has 3 atom stereocenters. The third kappa shape index (κ3) is 6.17. The minimum Gasteiger partial charge on any atom is -0.484 e. The fraction of sp³-hybridized carbons (Fsp3) is 0.282. The third-order valence-electron chi connectivity index (χ3n) is 9.40. The van der Waals surface area contributed by atoms with E-state index in [1.807, 2.05) is 65.5 Å². The number of nitrogens with zero attached hydrogens (tertiary/aromatic N) is 5. The number of amidine groups is 1. The van der Waals surface area contributed by atoms with E-state index in [4.69, 9.17) is 15.6 Å². The Hall–Kier alpha value is -4.97. The molecule has 2 aliphatic heterocycles. The summed E-state index contributed by atoms with van der Waals surface area (Å²) in [5, 5.41) is 26.5. The number of aliphatic hydroxyl groups is 1. The van der Waals surface area contributed by atoms with Crippen molar-refractivity contribution in [3.8, 4) is 5.69 Å². The molecule has 3 heterocycles. The van der Waals surface area contributed by atoms with Crippen LogP contribution in [0.15, 0.2) is 118 Å². The molecule has 4 aromatic rings. The number of fused-ring (bicyclic) bond motifs is 2. The highest BCUT2D eigenvalue weighted by atomic mass is 32.2. The Morgan fingerprint density at radius 3 is 2.66 bits per heavy atom. The lowest BCUT2D eigenvalue weighted by Crippen LogP contribution is -2.54. The molecule has 0 fully saturated rings. The molecule has 1 aromatic heterocycles. The molecule has 0 bridgehead atoms. The number of nitrogens with one attached hydrogen (secondary N) is 1. The van der Waals surface area contributed by atoms with Crippen LogP contribution < -0.4 is 15.5 Å². The number of benzene rings is 3. The quantitative estimate of drug-likeness (QED) is 0.135. The van der Waals surface area contributed by atoms with Crippen LogP contribution in [0.25, 0.3) is 5.69 Å². The number of aromatic nitrogens is 2. The Bertz CT molecular complexity index is 2060. The van der Waals surface area contributed by atoms with Gasteiger partial charge in [-0.05, 0) is 48.4 Å². The molecule has 0 radical (unpaired) electrons. The van der Waals surface area contributed by atoms with Crippen LogP contribution in [0.2, 0.25) is 0 Å². The molecular weight excluding hydrogens is 647 g/mol. The van der Waals surface area contributed by atoms with Gasteiger partial charge in [0.15, 0.2) is 17.6 Å². The first-order valence-electron chi connectivity index (χ1n) is 16.8. The van der Waals surface area contributed by atoms with Crippen LogP contribution in [-0.4, -0.2) is 51.6 Å². The van der Waals surface area contributed by atoms with Crippen molar-refractivity contribution in [1.29, 1.82) is 0 Å². The van der Waals surface area contributed by atoms with Gasteiger partial charge in [-0.25, -0.2) is 9.48 Å². The summed E-state index contributed by atoms with van der Waals surface area (Å²) in [6.45, 7) is 8.56. The van der Waals surface area contributed by atoms with E-state index in [0.717, 1.165) is 50.2 Å². The molecule has 3 aliphatic rings. The summed E-state index contributed by atoms with van der Waals surface area (Å²) in [6, 6.07) is 26.0. The lowest BCUT2D eigenvalue weighted by atomic mass is 9.72. The van der Waals surface area contributed by atoms with E-state index < -0.39 is 11.6 Å². The van der Waals surface area contributed by atoms with Gasteiger partial charge >= 0.3 is 6.03 Å². The Labute approximate surface area is 296 Å². The van der Waals surface area contributed by atoms with Gasteiger partial charge in [-0.1, -0.05) is 79.0 Å². The van der Waals surface area contributed by atoms with E-state index in [9.17, 15) is 9.90 Å². The van der Waals surface area contributed by atoms with E-state index in [0.29, 0.717) is 24.4 Å². The van der Waals surface area contributed by atoms with Gasteiger partial charge in [-0.3, -0.25) is 0 Å². The van der Waals surface area contributed by atoms with Crippen molar-refractivity contribution in [2.24, 2.45) is 15.9 Å². The molecular formula is C39H42N7O3S+. The maximum Gasteiger partial charge on any atom is 0.313 e. The first-order valence-corrected chi connectivity index (χ1v) is 17.8. The Morgan fingerprint density at radius 2 is 1.90 bits per heavy atom. The largest absolute Gasteiger partial charge is 0.484 e. The summed E-state index contributed by atoms with van der Waals surface area (Å²) in [7, 11) is 0. The van der Waals surface area contributed by atoms with Crippen molar-refractivity contribution >= 4 is 35.7 Å². The number of amides is 2. The van der Waals surface area contributed by atoms with Gasteiger partial charge < -0.3 is 20.9 Å². The molecule has 11 heteroatoms. The highest BCUT2D eigenvalue weighted by Gasteiger charge is 2.48. The molecule has 50 heavy (non-hydrogen) atoms. The number of carbonyl (C=O) groups is 1. The van der Waals surface area contributed by atoms with Crippen LogP contribution in [0.1, 0.15) is 55.3 Å².